The average molecular weight is 349 g/mol. The fourth-order valence-corrected chi connectivity index (χ4v) is 3.06. The molecule has 0 saturated heterocycles. The van der Waals surface area contributed by atoms with Gasteiger partial charge in [-0.2, -0.15) is 0 Å². The lowest BCUT2D eigenvalue weighted by Gasteiger charge is -2.24. The van der Waals surface area contributed by atoms with E-state index in [0.29, 0.717) is 0 Å². The van der Waals surface area contributed by atoms with Gasteiger partial charge in [0.05, 0.1) is 7.11 Å². The maximum Gasteiger partial charge on any atom is 0.119 e. The molecular weight excluding hydrogens is 322 g/mol. The zero-order valence-electron chi connectivity index (χ0n) is 15.9. The molecule has 0 aliphatic rings. The van der Waals surface area contributed by atoms with Gasteiger partial charge in [0.1, 0.15) is 5.75 Å². The Morgan fingerprint density at radius 2 is 1.65 bits per heavy atom. The summed E-state index contributed by atoms with van der Waals surface area (Å²) in [4.78, 5) is 8.95. The van der Waals surface area contributed by atoms with E-state index in [9.17, 15) is 0 Å². The predicted octanol–water partition coefficient (Wildman–Crippen LogP) is 3.81. The van der Waals surface area contributed by atoms with Crippen LogP contribution in [0.5, 0.6) is 5.75 Å². The van der Waals surface area contributed by atoms with Crippen LogP contribution in [0.3, 0.4) is 0 Å². The molecule has 0 bridgehead atoms. The topological polar surface area (TPSA) is 28.6 Å². The summed E-state index contributed by atoms with van der Waals surface area (Å²) in [6, 6.07) is 17.0. The molecule has 4 heteroatoms. The molecule has 0 amide bonds. The number of likely N-dealkylation sites (N-methyl/N-ethyl adjacent to an activating group) is 1. The molecule has 0 saturated carbocycles. The van der Waals surface area contributed by atoms with Crippen molar-refractivity contribution in [3.63, 3.8) is 0 Å². The van der Waals surface area contributed by atoms with Crippen molar-refractivity contribution in [1.82, 2.24) is 14.8 Å². The number of aromatic nitrogens is 1. The number of methoxy groups -OCH3 is 1. The summed E-state index contributed by atoms with van der Waals surface area (Å²) in [6.07, 6.45) is 3.78. The van der Waals surface area contributed by atoms with Crippen LogP contribution in [-0.2, 0) is 13.1 Å². The molecule has 26 heavy (non-hydrogen) atoms. The summed E-state index contributed by atoms with van der Waals surface area (Å²) in [6.45, 7) is 3.88. The second kappa shape index (κ2) is 8.79. The van der Waals surface area contributed by atoms with Crippen LogP contribution < -0.4 is 4.74 Å². The molecule has 3 aromatic rings. The number of rotatable bonds is 8. The molecule has 0 fully saturated rings. The van der Waals surface area contributed by atoms with Gasteiger partial charge in [-0.15, -0.1) is 0 Å². The molecule has 0 radical (unpaired) electrons. The first-order chi connectivity index (χ1) is 12.6. The first kappa shape index (κ1) is 18.4. The van der Waals surface area contributed by atoms with Gasteiger partial charge in [-0.1, -0.05) is 24.3 Å². The largest absolute Gasteiger partial charge is 0.497 e. The van der Waals surface area contributed by atoms with Crippen LogP contribution in [0.15, 0.2) is 60.9 Å². The third-order valence-electron chi connectivity index (χ3n) is 4.51. The summed E-state index contributed by atoms with van der Waals surface area (Å²) in [7, 11) is 5.94. The SMILES string of the molecule is COc1ccc2cc(CN(CCN(C)C)Cc3cccnc3)ccc2c1. The number of hydrogen-bond acceptors (Lipinski definition) is 4. The molecule has 136 valence electrons. The van der Waals surface area contributed by atoms with Crippen LogP contribution in [0, 0.1) is 0 Å². The average Bonchev–Trinajstić information content (AvgIpc) is 2.66. The van der Waals surface area contributed by atoms with Crippen molar-refractivity contribution in [2.75, 3.05) is 34.3 Å². The summed E-state index contributed by atoms with van der Waals surface area (Å²) in [5.41, 5.74) is 2.57. The second-order valence-electron chi connectivity index (χ2n) is 6.92. The minimum absolute atomic E-state index is 0.898. The Hall–Kier alpha value is -2.43. The van der Waals surface area contributed by atoms with Gasteiger partial charge < -0.3 is 9.64 Å². The quantitative estimate of drug-likeness (QED) is 0.618. The zero-order chi connectivity index (χ0) is 18.4. The number of benzene rings is 2. The Kier molecular flexibility index (Phi) is 6.21. The first-order valence-electron chi connectivity index (χ1n) is 8.97. The van der Waals surface area contributed by atoms with Crippen molar-refractivity contribution in [3.8, 4) is 5.75 Å². The summed E-state index contributed by atoms with van der Waals surface area (Å²) >= 11 is 0. The van der Waals surface area contributed by atoms with Gasteiger partial charge in [-0.25, -0.2) is 0 Å². The lowest BCUT2D eigenvalue weighted by molar-refractivity contribution is 0.226. The van der Waals surface area contributed by atoms with Crippen molar-refractivity contribution >= 4 is 10.8 Å². The molecule has 0 aliphatic heterocycles. The van der Waals surface area contributed by atoms with Gasteiger partial charge in [-0.05, 0) is 60.3 Å². The van der Waals surface area contributed by atoms with E-state index < -0.39 is 0 Å². The Bertz CT molecular complexity index is 833. The number of pyridine rings is 1. The Morgan fingerprint density at radius 1 is 0.885 bits per heavy atom. The lowest BCUT2D eigenvalue weighted by Crippen LogP contribution is -2.31. The number of nitrogens with zero attached hydrogens (tertiary/aromatic N) is 3. The smallest absolute Gasteiger partial charge is 0.119 e. The van der Waals surface area contributed by atoms with Gasteiger partial charge in [0, 0.05) is 38.6 Å². The van der Waals surface area contributed by atoms with Gasteiger partial charge >= 0.3 is 0 Å². The zero-order valence-corrected chi connectivity index (χ0v) is 15.9. The molecule has 1 aromatic heterocycles. The van der Waals surface area contributed by atoms with Crippen LogP contribution in [0.4, 0.5) is 0 Å². The third kappa shape index (κ3) is 5.04. The van der Waals surface area contributed by atoms with Gasteiger partial charge in [0.15, 0.2) is 0 Å². The molecule has 3 rings (SSSR count). The molecule has 2 aromatic carbocycles. The Labute approximate surface area is 156 Å². The van der Waals surface area contributed by atoms with Crippen LogP contribution in [0.1, 0.15) is 11.1 Å². The summed E-state index contributed by atoms with van der Waals surface area (Å²) in [5, 5.41) is 2.46. The third-order valence-corrected chi connectivity index (χ3v) is 4.51. The lowest BCUT2D eigenvalue weighted by atomic mass is 10.1. The van der Waals surface area contributed by atoms with Crippen LogP contribution >= 0.6 is 0 Å². The summed E-state index contributed by atoms with van der Waals surface area (Å²) in [5.74, 6) is 0.898. The van der Waals surface area contributed by atoms with Crippen LogP contribution in [0.25, 0.3) is 10.8 Å². The van der Waals surface area contributed by atoms with Gasteiger partial charge in [0.25, 0.3) is 0 Å². The molecule has 4 nitrogen and oxygen atoms in total. The Morgan fingerprint density at radius 3 is 2.38 bits per heavy atom. The molecule has 0 N–H and O–H groups in total. The predicted molar refractivity (Wildman–Crippen MR) is 107 cm³/mol. The molecular formula is C22H27N3O. The highest BCUT2D eigenvalue weighted by molar-refractivity contribution is 5.84. The van der Waals surface area contributed by atoms with Crippen molar-refractivity contribution in [3.05, 3.63) is 72.1 Å². The normalized spacial score (nSPS) is 11.4. The van der Waals surface area contributed by atoms with Crippen molar-refractivity contribution < 1.29 is 4.74 Å². The van der Waals surface area contributed by atoms with Gasteiger partial charge in [-0.3, -0.25) is 9.88 Å². The highest BCUT2D eigenvalue weighted by atomic mass is 16.5. The minimum atomic E-state index is 0.898. The van der Waals surface area contributed by atoms with Crippen LogP contribution in [-0.4, -0.2) is 49.1 Å². The number of fused-ring (bicyclic) bond motifs is 1. The number of ether oxygens (including phenoxy) is 1. The standard InChI is InChI=1S/C22H27N3O/c1-24(2)11-12-25(17-19-5-4-10-23-15-19)16-18-6-7-21-14-22(26-3)9-8-20(21)13-18/h4-10,13-15H,11-12,16-17H2,1-3H3. The van der Waals surface area contributed by atoms with Crippen molar-refractivity contribution in [2.24, 2.45) is 0 Å². The van der Waals surface area contributed by atoms with Crippen LogP contribution in [0.2, 0.25) is 0 Å². The molecule has 1 heterocycles. The highest BCUT2D eigenvalue weighted by Gasteiger charge is 2.09. The van der Waals surface area contributed by atoms with E-state index in [1.807, 2.05) is 24.5 Å². The molecule has 0 unspecified atom stereocenters. The molecule has 0 spiro atoms. The molecule has 0 atom stereocenters. The van der Waals surface area contributed by atoms with E-state index in [4.69, 9.17) is 4.74 Å². The fraction of sp³-hybridized carbons (Fsp3) is 0.318. The maximum absolute atomic E-state index is 5.32. The number of hydrogen-bond donors (Lipinski definition) is 0. The minimum Gasteiger partial charge on any atom is -0.497 e. The van der Waals surface area contributed by atoms with E-state index in [1.54, 1.807) is 7.11 Å². The van der Waals surface area contributed by atoms with E-state index in [2.05, 4.69) is 65.3 Å². The van der Waals surface area contributed by atoms with Crippen molar-refractivity contribution in [2.45, 2.75) is 13.1 Å². The highest BCUT2D eigenvalue weighted by Crippen LogP contribution is 2.22. The fourth-order valence-electron chi connectivity index (χ4n) is 3.06. The van der Waals surface area contributed by atoms with E-state index in [1.165, 1.54) is 21.9 Å². The van der Waals surface area contributed by atoms with E-state index >= 15 is 0 Å². The monoisotopic (exact) mass is 349 g/mol. The van der Waals surface area contributed by atoms with E-state index in [-0.39, 0.29) is 0 Å². The van der Waals surface area contributed by atoms with Gasteiger partial charge in [0.2, 0.25) is 0 Å². The molecule has 0 aliphatic carbocycles. The second-order valence-corrected chi connectivity index (χ2v) is 6.92. The maximum atomic E-state index is 5.32. The van der Waals surface area contributed by atoms with E-state index in [0.717, 1.165) is 31.9 Å². The van der Waals surface area contributed by atoms with Crippen molar-refractivity contribution in [1.29, 1.82) is 0 Å². The first-order valence-corrected chi connectivity index (χ1v) is 8.97. The Balaban J connectivity index is 1.77. The summed E-state index contributed by atoms with van der Waals surface area (Å²) < 4.78 is 5.32.